The summed E-state index contributed by atoms with van der Waals surface area (Å²) in [7, 11) is 0. The minimum absolute atomic E-state index is 0.0347. The molecule has 1 aromatic heterocycles. The molecule has 4 nitrogen and oxygen atoms in total. The van der Waals surface area contributed by atoms with Crippen LogP contribution in [0.5, 0.6) is 0 Å². The number of nitrogens with two attached hydrogens (primary N) is 1. The average molecular weight is 173 g/mol. The van der Waals surface area contributed by atoms with Crippen LogP contribution in [0.3, 0.4) is 0 Å². The van der Waals surface area contributed by atoms with E-state index in [1.54, 1.807) is 0 Å². The van der Waals surface area contributed by atoms with E-state index in [2.05, 4.69) is 4.98 Å². The molecule has 58 valence electrons. The van der Waals surface area contributed by atoms with Crippen LogP contribution >= 0.6 is 11.6 Å². The lowest BCUT2D eigenvalue weighted by Crippen LogP contribution is -2.00. The fourth-order valence-electron chi connectivity index (χ4n) is 0.610. The van der Waals surface area contributed by atoms with E-state index in [1.165, 1.54) is 6.20 Å². The second-order valence-electron chi connectivity index (χ2n) is 1.90. The summed E-state index contributed by atoms with van der Waals surface area (Å²) in [5.74, 6) is -1.13. The van der Waals surface area contributed by atoms with Crippen molar-refractivity contribution in [3.8, 4) is 0 Å². The molecule has 0 aliphatic heterocycles. The number of aromatic carboxylic acids is 1. The predicted molar refractivity (Wildman–Crippen MR) is 40.6 cm³/mol. The first kappa shape index (κ1) is 7.81. The molecule has 0 bridgehead atoms. The summed E-state index contributed by atoms with van der Waals surface area (Å²) >= 11 is 5.54. The number of halogens is 1. The van der Waals surface area contributed by atoms with Crippen molar-refractivity contribution in [2.45, 2.75) is 0 Å². The van der Waals surface area contributed by atoms with E-state index >= 15 is 0 Å². The van der Waals surface area contributed by atoms with Gasteiger partial charge in [-0.25, -0.2) is 4.79 Å². The Morgan fingerprint density at radius 3 is 2.73 bits per heavy atom. The molecule has 0 atom stereocenters. The molecule has 0 saturated carbocycles. The molecule has 0 unspecified atom stereocenters. The van der Waals surface area contributed by atoms with Crippen LogP contribution in [0.15, 0.2) is 12.4 Å². The van der Waals surface area contributed by atoms with Gasteiger partial charge in [-0.2, -0.15) is 0 Å². The third-order valence-corrected chi connectivity index (χ3v) is 1.56. The second-order valence-corrected chi connectivity index (χ2v) is 2.27. The lowest BCUT2D eigenvalue weighted by atomic mass is 10.3. The SMILES string of the molecule is Nc1cncc(C(=O)O)c1Cl. The number of carbonyl (C=O) groups is 1. The smallest absolute Gasteiger partial charge is 0.338 e. The van der Waals surface area contributed by atoms with E-state index in [-0.39, 0.29) is 16.3 Å². The van der Waals surface area contributed by atoms with E-state index in [0.717, 1.165) is 6.20 Å². The lowest BCUT2D eigenvalue weighted by molar-refractivity contribution is 0.0696. The Hall–Kier alpha value is -1.29. The van der Waals surface area contributed by atoms with Gasteiger partial charge in [-0.1, -0.05) is 11.6 Å². The van der Waals surface area contributed by atoms with Gasteiger partial charge in [-0.15, -0.1) is 0 Å². The highest BCUT2D eigenvalue weighted by atomic mass is 35.5. The number of hydrogen-bond donors (Lipinski definition) is 2. The first-order valence-electron chi connectivity index (χ1n) is 2.75. The molecule has 0 aliphatic carbocycles. The van der Waals surface area contributed by atoms with E-state index in [0.29, 0.717) is 0 Å². The van der Waals surface area contributed by atoms with Gasteiger partial charge >= 0.3 is 5.97 Å². The van der Waals surface area contributed by atoms with E-state index in [4.69, 9.17) is 22.4 Å². The van der Waals surface area contributed by atoms with Crippen molar-refractivity contribution in [2.24, 2.45) is 0 Å². The number of rotatable bonds is 1. The summed E-state index contributed by atoms with van der Waals surface area (Å²) in [6, 6.07) is 0. The standard InChI is InChI=1S/C6H5ClN2O2/c7-5-3(6(10)11)1-9-2-4(5)8/h1-2H,8H2,(H,10,11). The minimum Gasteiger partial charge on any atom is -0.478 e. The van der Waals surface area contributed by atoms with Crippen molar-refractivity contribution in [1.29, 1.82) is 0 Å². The maximum Gasteiger partial charge on any atom is 0.338 e. The number of pyridine rings is 1. The Labute approximate surface area is 67.6 Å². The maximum absolute atomic E-state index is 10.4. The van der Waals surface area contributed by atoms with Crippen molar-refractivity contribution in [3.05, 3.63) is 23.0 Å². The normalized spacial score (nSPS) is 9.55. The first-order chi connectivity index (χ1) is 5.13. The van der Waals surface area contributed by atoms with Crippen molar-refractivity contribution >= 4 is 23.3 Å². The van der Waals surface area contributed by atoms with E-state index in [1.807, 2.05) is 0 Å². The number of carboxylic acids is 1. The van der Waals surface area contributed by atoms with Gasteiger partial charge in [0.05, 0.1) is 22.5 Å². The third kappa shape index (κ3) is 1.40. The fourth-order valence-corrected chi connectivity index (χ4v) is 0.788. The second kappa shape index (κ2) is 2.75. The van der Waals surface area contributed by atoms with Gasteiger partial charge in [0.15, 0.2) is 0 Å². The van der Waals surface area contributed by atoms with E-state index in [9.17, 15) is 4.79 Å². The summed E-state index contributed by atoms with van der Waals surface area (Å²) in [5.41, 5.74) is 5.40. The van der Waals surface area contributed by atoms with Crippen LogP contribution in [0.25, 0.3) is 0 Å². The highest BCUT2D eigenvalue weighted by Crippen LogP contribution is 2.21. The summed E-state index contributed by atoms with van der Waals surface area (Å²) < 4.78 is 0. The van der Waals surface area contributed by atoms with Gasteiger partial charge in [-0.3, -0.25) is 4.98 Å². The number of carboxylic acid groups (broad SMARTS) is 1. The molecule has 0 aliphatic rings. The van der Waals surface area contributed by atoms with Crippen LogP contribution in [0.2, 0.25) is 5.02 Å². The number of anilines is 1. The van der Waals surface area contributed by atoms with Gasteiger partial charge in [0, 0.05) is 6.20 Å². The molecule has 1 rings (SSSR count). The minimum atomic E-state index is -1.13. The molecule has 1 heterocycles. The number of nitrogens with zero attached hydrogens (tertiary/aromatic N) is 1. The molecule has 3 N–H and O–H groups in total. The molecular formula is C6H5ClN2O2. The van der Waals surface area contributed by atoms with Crippen LogP contribution < -0.4 is 5.73 Å². The van der Waals surface area contributed by atoms with Crippen LogP contribution in [-0.4, -0.2) is 16.1 Å². The molecule has 5 heteroatoms. The number of aromatic nitrogens is 1. The number of nitrogen functional groups attached to an aromatic ring is 1. The highest BCUT2D eigenvalue weighted by Gasteiger charge is 2.10. The average Bonchev–Trinajstić information content (AvgIpc) is 1.94. The molecule has 0 radical (unpaired) electrons. The Balaban J connectivity index is 3.27. The van der Waals surface area contributed by atoms with Gasteiger partial charge < -0.3 is 10.8 Å². The molecule has 0 spiro atoms. The Morgan fingerprint density at radius 2 is 2.27 bits per heavy atom. The Bertz CT molecular complexity index is 301. The quantitative estimate of drug-likeness (QED) is 0.663. The van der Waals surface area contributed by atoms with Crippen molar-refractivity contribution in [2.75, 3.05) is 5.73 Å². The zero-order valence-corrected chi connectivity index (χ0v) is 6.17. The maximum atomic E-state index is 10.4. The molecule has 0 saturated heterocycles. The largest absolute Gasteiger partial charge is 0.478 e. The lowest BCUT2D eigenvalue weighted by Gasteiger charge is -1.99. The van der Waals surface area contributed by atoms with Crippen molar-refractivity contribution < 1.29 is 9.90 Å². The van der Waals surface area contributed by atoms with Gasteiger partial charge in [-0.05, 0) is 0 Å². The van der Waals surface area contributed by atoms with Gasteiger partial charge in [0.1, 0.15) is 0 Å². The fraction of sp³-hybridized carbons (Fsp3) is 0. The summed E-state index contributed by atoms with van der Waals surface area (Å²) in [5, 5.41) is 8.54. The first-order valence-corrected chi connectivity index (χ1v) is 3.13. The highest BCUT2D eigenvalue weighted by molar-refractivity contribution is 6.35. The molecule has 0 aromatic carbocycles. The van der Waals surface area contributed by atoms with Crippen LogP contribution in [0, 0.1) is 0 Å². The summed E-state index contributed by atoms with van der Waals surface area (Å²) in [6.45, 7) is 0. The van der Waals surface area contributed by atoms with E-state index < -0.39 is 5.97 Å². The summed E-state index contributed by atoms with van der Waals surface area (Å²) in [4.78, 5) is 14.0. The van der Waals surface area contributed by atoms with Crippen LogP contribution in [-0.2, 0) is 0 Å². The van der Waals surface area contributed by atoms with Gasteiger partial charge in [0.25, 0.3) is 0 Å². The zero-order valence-electron chi connectivity index (χ0n) is 5.41. The zero-order chi connectivity index (χ0) is 8.43. The molecule has 11 heavy (non-hydrogen) atoms. The monoisotopic (exact) mass is 172 g/mol. The summed E-state index contributed by atoms with van der Waals surface area (Å²) in [6.07, 6.45) is 2.45. The van der Waals surface area contributed by atoms with Crippen molar-refractivity contribution in [3.63, 3.8) is 0 Å². The van der Waals surface area contributed by atoms with Crippen LogP contribution in [0.4, 0.5) is 5.69 Å². The third-order valence-electron chi connectivity index (χ3n) is 1.14. The molecular weight excluding hydrogens is 168 g/mol. The Kier molecular flexibility index (Phi) is 1.96. The number of hydrogen-bond acceptors (Lipinski definition) is 3. The van der Waals surface area contributed by atoms with Crippen LogP contribution in [0.1, 0.15) is 10.4 Å². The molecule has 0 fully saturated rings. The van der Waals surface area contributed by atoms with Crippen molar-refractivity contribution in [1.82, 2.24) is 4.98 Å². The van der Waals surface area contributed by atoms with Gasteiger partial charge in [0.2, 0.25) is 0 Å². The molecule has 1 aromatic rings. The Morgan fingerprint density at radius 1 is 1.64 bits per heavy atom. The topological polar surface area (TPSA) is 76.2 Å². The molecule has 0 amide bonds. The predicted octanol–water partition coefficient (Wildman–Crippen LogP) is 1.02.